The second kappa shape index (κ2) is 7.30. The molecule has 0 radical (unpaired) electrons. The SMILES string of the molecule is NC(=O)c1c(NC(=O)c2ccc(F)c(C(F)(F)F)c2)sc2c1CCCCC2. The molecule has 1 aromatic carbocycles. The van der Waals surface area contributed by atoms with Gasteiger partial charge >= 0.3 is 6.18 Å². The smallest absolute Gasteiger partial charge is 0.365 e. The van der Waals surface area contributed by atoms with E-state index in [-0.39, 0.29) is 16.1 Å². The van der Waals surface area contributed by atoms with Crippen LogP contribution < -0.4 is 11.1 Å². The van der Waals surface area contributed by atoms with Gasteiger partial charge in [0, 0.05) is 10.4 Å². The van der Waals surface area contributed by atoms with Crippen molar-refractivity contribution in [3.63, 3.8) is 0 Å². The summed E-state index contributed by atoms with van der Waals surface area (Å²) in [5, 5.41) is 2.69. The number of alkyl halides is 3. The quantitative estimate of drug-likeness (QED) is 0.587. The largest absolute Gasteiger partial charge is 0.419 e. The Morgan fingerprint density at radius 3 is 2.48 bits per heavy atom. The standard InChI is InChI=1S/C18H16F4N2O2S/c19-12-7-6-9(8-11(12)18(20,21)22)16(26)24-17-14(15(23)25)10-4-2-1-3-5-13(10)27-17/h6-8H,1-5H2,(H2,23,25)(H,24,26). The van der Waals surface area contributed by atoms with Crippen LogP contribution >= 0.6 is 11.3 Å². The van der Waals surface area contributed by atoms with E-state index in [4.69, 9.17) is 5.73 Å². The van der Waals surface area contributed by atoms with Crippen molar-refractivity contribution < 1.29 is 27.2 Å². The minimum atomic E-state index is -4.92. The summed E-state index contributed by atoms with van der Waals surface area (Å²) in [7, 11) is 0. The molecular weight excluding hydrogens is 384 g/mol. The van der Waals surface area contributed by atoms with Crippen molar-refractivity contribution in [2.24, 2.45) is 5.73 Å². The number of hydrogen-bond donors (Lipinski definition) is 2. The van der Waals surface area contributed by atoms with Crippen molar-refractivity contribution in [1.29, 1.82) is 0 Å². The number of benzene rings is 1. The van der Waals surface area contributed by atoms with E-state index in [2.05, 4.69) is 5.32 Å². The summed E-state index contributed by atoms with van der Waals surface area (Å²) >= 11 is 1.21. The fourth-order valence-corrected chi connectivity index (χ4v) is 4.44. The highest BCUT2D eigenvalue weighted by atomic mass is 32.1. The van der Waals surface area contributed by atoms with Crippen LogP contribution in [0, 0.1) is 5.82 Å². The fourth-order valence-electron chi connectivity index (χ4n) is 3.15. The third kappa shape index (κ3) is 3.97. The summed E-state index contributed by atoms with van der Waals surface area (Å²) in [6, 6.07) is 2.01. The van der Waals surface area contributed by atoms with Gasteiger partial charge in [0.1, 0.15) is 10.8 Å². The number of fused-ring (bicyclic) bond motifs is 1. The zero-order chi connectivity index (χ0) is 19.8. The Bertz CT molecular complexity index is 905. The van der Waals surface area contributed by atoms with Gasteiger partial charge < -0.3 is 11.1 Å². The molecule has 27 heavy (non-hydrogen) atoms. The van der Waals surface area contributed by atoms with Gasteiger partial charge in [-0.2, -0.15) is 13.2 Å². The third-order valence-corrected chi connectivity index (χ3v) is 5.64. The molecule has 9 heteroatoms. The van der Waals surface area contributed by atoms with Crippen molar-refractivity contribution in [3.05, 3.63) is 51.1 Å². The molecule has 1 aromatic heterocycles. The molecule has 0 atom stereocenters. The van der Waals surface area contributed by atoms with E-state index < -0.39 is 29.4 Å². The first-order chi connectivity index (χ1) is 12.7. The van der Waals surface area contributed by atoms with Crippen LogP contribution in [0.3, 0.4) is 0 Å². The zero-order valence-electron chi connectivity index (χ0n) is 14.1. The molecule has 0 bridgehead atoms. The van der Waals surface area contributed by atoms with Crippen LogP contribution in [-0.2, 0) is 19.0 Å². The summed E-state index contributed by atoms with van der Waals surface area (Å²) in [5.41, 5.74) is 4.60. The predicted octanol–water partition coefficient (Wildman–Crippen LogP) is 4.53. The average Bonchev–Trinajstić information content (AvgIpc) is 2.75. The summed E-state index contributed by atoms with van der Waals surface area (Å²) in [6.45, 7) is 0. The molecule has 144 valence electrons. The van der Waals surface area contributed by atoms with E-state index in [9.17, 15) is 27.2 Å². The van der Waals surface area contributed by atoms with Crippen LogP contribution in [0.25, 0.3) is 0 Å². The molecule has 3 N–H and O–H groups in total. The van der Waals surface area contributed by atoms with Crippen molar-refractivity contribution in [1.82, 2.24) is 0 Å². The molecule has 1 heterocycles. The molecule has 4 nitrogen and oxygen atoms in total. The van der Waals surface area contributed by atoms with Crippen molar-refractivity contribution in [2.75, 3.05) is 5.32 Å². The highest BCUT2D eigenvalue weighted by Gasteiger charge is 2.35. The minimum Gasteiger partial charge on any atom is -0.365 e. The number of primary amides is 1. The van der Waals surface area contributed by atoms with Crippen LogP contribution in [0.2, 0.25) is 0 Å². The Balaban J connectivity index is 1.94. The van der Waals surface area contributed by atoms with E-state index in [1.807, 2.05) is 0 Å². The Morgan fingerprint density at radius 1 is 1.11 bits per heavy atom. The second-order valence-electron chi connectivity index (χ2n) is 6.28. The lowest BCUT2D eigenvalue weighted by atomic mass is 10.0. The average molecular weight is 400 g/mol. The number of amides is 2. The second-order valence-corrected chi connectivity index (χ2v) is 7.38. The molecular formula is C18H16F4N2O2S. The minimum absolute atomic E-state index is 0.211. The lowest BCUT2D eigenvalue weighted by Crippen LogP contribution is -2.19. The highest BCUT2D eigenvalue weighted by molar-refractivity contribution is 7.17. The molecule has 0 aliphatic heterocycles. The van der Waals surface area contributed by atoms with Crippen LogP contribution in [0.15, 0.2) is 18.2 Å². The fraction of sp³-hybridized carbons (Fsp3) is 0.333. The molecule has 1 aliphatic carbocycles. The van der Waals surface area contributed by atoms with Gasteiger partial charge in [-0.15, -0.1) is 11.3 Å². The number of hydrogen-bond acceptors (Lipinski definition) is 3. The third-order valence-electron chi connectivity index (χ3n) is 4.43. The summed E-state index contributed by atoms with van der Waals surface area (Å²) in [4.78, 5) is 25.3. The zero-order valence-corrected chi connectivity index (χ0v) is 14.9. The summed E-state index contributed by atoms with van der Waals surface area (Å²) in [6.07, 6.45) is -0.633. The maximum Gasteiger partial charge on any atom is 0.419 e. The lowest BCUT2D eigenvalue weighted by molar-refractivity contribution is -0.140. The maximum atomic E-state index is 13.4. The Labute approximate surface area is 156 Å². The van der Waals surface area contributed by atoms with E-state index in [0.29, 0.717) is 18.6 Å². The first-order valence-corrected chi connectivity index (χ1v) is 9.12. The normalized spacial score (nSPS) is 14.4. The first kappa shape index (κ1) is 19.3. The Kier molecular flexibility index (Phi) is 5.23. The number of nitrogens with one attached hydrogen (secondary N) is 1. The molecule has 0 saturated carbocycles. The number of thiophene rings is 1. The summed E-state index contributed by atoms with van der Waals surface area (Å²) < 4.78 is 52.0. The van der Waals surface area contributed by atoms with E-state index in [1.165, 1.54) is 11.3 Å². The molecule has 2 amide bonds. The van der Waals surface area contributed by atoms with Gasteiger partial charge in [-0.05, 0) is 49.4 Å². The van der Waals surface area contributed by atoms with Gasteiger partial charge in [0.25, 0.3) is 11.8 Å². The van der Waals surface area contributed by atoms with Gasteiger partial charge in [-0.25, -0.2) is 4.39 Å². The molecule has 1 aliphatic rings. The Hall–Kier alpha value is -2.42. The van der Waals surface area contributed by atoms with Gasteiger partial charge in [-0.1, -0.05) is 6.42 Å². The van der Waals surface area contributed by atoms with Gasteiger partial charge in [0.2, 0.25) is 0 Å². The predicted molar refractivity (Wildman–Crippen MR) is 93.5 cm³/mol. The van der Waals surface area contributed by atoms with Crippen LogP contribution in [-0.4, -0.2) is 11.8 Å². The van der Waals surface area contributed by atoms with Crippen LogP contribution in [0.4, 0.5) is 22.6 Å². The highest BCUT2D eigenvalue weighted by Crippen LogP contribution is 2.38. The molecule has 0 spiro atoms. The molecule has 0 fully saturated rings. The summed E-state index contributed by atoms with van der Waals surface area (Å²) in [5.74, 6) is -3.01. The van der Waals surface area contributed by atoms with Crippen LogP contribution in [0.5, 0.6) is 0 Å². The molecule has 0 unspecified atom stereocenters. The van der Waals surface area contributed by atoms with E-state index in [0.717, 1.165) is 42.2 Å². The molecule has 0 saturated heterocycles. The number of halogens is 4. The number of rotatable bonds is 3. The molecule has 3 rings (SSSR count). The van der Waals surface area contributed by atoms with Gasteiger partial charge in [-0.3, -0.25) is 9.59 Å². The van der Waals surface area contributed by atoms with Crippen molar-refractivity contribution in [2.45, 2.75) is 38.3 Å². The van der Waals surface area contributed by atoms with Crippen LogP contribution in [0.1, 0.15) is 56.0 Å². The van der Waals surface area contributed by atoms with Gasteiger partial charge in [0.05, 0.1) is 11.1 Å². The number of nitrogens with two attached hydrogens (primary N) is 1. The topological polar surface area (TPSA) is 72.2 Å². The van der Waals surface area contributed by atoms with Crippen molar-refractivity contribution >= 4 is 28.2 Å². The molecule has 2 aromatic rings. The number of carbonyl (C=O) groups excluding carboxylic acids is 2. The monoisotopic (exact) mass is 400 g/mol. The number of carbonyl (C=O) groups is 2. The Morgan fingerprint density at radius 2 is 1.81 bits per heavy atom. The number of aryl methyl sites for hydroxylation is 1. The first-order valence-electron chi connectivity index (χ1n) is 8.31. The van der Waals surface area contributed by atoms with E-state index in [1.54, 1.807) is 0 Å². The number of anilines is 1. The maximum absolute atomic E-state index is 13.4. The van der Waals surface area contributed by atoms with Gasteiger partial charge in [0.15, 0.2) is 0 Å². The van der Waals surface area contributed by atoms with Crippen molar-refractivity contribution in [3.8, 4) is 0 Å². The van der Waals surface area contributed by atoms with E-state index >= 15 is 0 Å². The lowest BCUT2D eigenvalue weighted by Gasteiger charge is -2.10.